The van der Waals surface area contributed by atoms with E-state index >= 15 is 0 Å². The van der Waals surface area contributed by atoms with E-state index in [-0.39, 0.29) is 17.6 Å². The molecule has 0 radical (unpaired) electrons. The molecule has 1 aliphatic rings. The number of aromatic nitrogens is 1. The molecule has 0 bridgehead atoms. The van der Waals surface area contributed by atoms with E-state index in [4.69, 9.17) is 21.7 Å². The molecule has 0 aliphatic carbocycles. The number of benzene rings is 2. The maximum absolute atomic E-state index is 11.2. The first-order valence-corrected chi connectivity index (χ1v) is 11.4. The number of carboxylic acid groups (broad SMARTS) is 1. The maximum Gasteiger partial charge on any atom is 0.335 e. The third-order valence-electron chi connectivity index (χ3n) is 5.54. The van der Waals surface area contributed by atoms with Crippen LogP contribution in [-0.4, -0.2) is 21.2 Å². The molecule has 2 atom stereocenters. The molecule has 2 aromatic heterocycles. The number of carboxylic acids is 1. The van der Waals surface area contributed by atoms with Crippen molar-refractivity contribution in [3.05, 3.63) is 107 Å². The number of hydrogen-bond acceptors (Lipinski definition) is 4. The minimum Gasteiger partial charge on any atom is -0.478 e. The summed E-state index contributed by atoms with van der Waals surface area (Å²) in [4.78, 5) is 17.8. The lowest BCUT2D eigenvalue weighted by Gasteiger charge is -2.26. The largest absolute Gasteiger partial charge is 0.478 e. The first-order valence-electron chi connectivity index (χ1n) is 10.2. The molecule has 2 N–H and O–H groups in total. The van der Waals surface area contributed by atoms with Crippen LogP contribution in [0.1, 0.15) is 33.9 Å². The fourth-order valence-corrected chi connectivity index (χ4v) is 4.58. The van der Waals surface area contributed by atoms with Crippen LogP contribution in [0.5, 0.6) is 0 Å². The molecule has 2 unspecified atom stereocenters. The zero-order valence-corrected chi connectivity index (χ0v) is 19.6. The second kappa shape index (κ2) is 8.80. The Morgan fingerprint density at radius 3 is 2.45 bits per heavy atom. The summed E-state index contributed by atoms with van der Waals surface area (Å²) < 4.78 is 7.28. The fourth-order valence-electron chi connectivity index (χ4n) is 3.97. The lowest BCUT2D eigenvalue weighted by atomic mass is 10.0. The third kappa shape index (κ3) is 4.15. The Morgan fingerprint density at radius 1 is 1.03 bits per heavy atom. The standard InChI is InChI=1S/C25H18BrN3O3S/c26-17-8-10-18(11-9-17)29-23(22(28-25(29)33)19-3-1-2-14-27-19)21-13-12-20(32-21)15-4-6-16(7-5-15)24(30)31/h1-14,22-23H,(H,28,33)(H,30,31). The second-order valence-electron chi connectivity index (χ2n) is 7.56. The van der Waals surface area contributed by atoms with Crippen molar-refractivity contribution in [2.75, 3.05) is 4.90 Å². The summed E-state index contributed by atoms with van der Waals surface area (Å²) in [6, 6.07) is 23.7. The number of anilines is 1. The van der Waals surface area contributed by atoms with E-state index in [2.05, 4.69) is 26.2 Å². The smallest absolute Gasteiger partial charge is 0.335 e. The van der Waals surface area contributed by atoms with Gasteiger partial charge < -0.3 is 19.7 Å². The number of nitrogens with one attached hydrogen (secondary N) is 1. The summed E-state index contributed by atoms with van der Waals surface area (Å²) in [5.74, 6) is 0.407. The number of rotatable bonds is 5. The molecular formula is C25H18BrN3O3S. The van der Waals surface area contributed by atoms with Gasteiger partial charge in [0.25, 0.3) is 0 Å². The van der Waals surface area contributed by atoms with Gasteiger partial charge in [0.15, 0.2) is 5.11 Å². The number of nitrogens with zero attached hydrogens (tertiary/aromatic N) is 2. The van der Waals surface area contributed by atoms with Crippen LogP contribution in [0.3, 0.4) is 0 Å². The molecule has 1 saturated heterocycles. The normalized spacial score (nSPS) is 17.7. The van der Waals surface area contributed by atoms with Gasteiger partial charge in [-0.05, 0) is 72.9 Å². The molecular weight excluding hydrogens is 502 g/mol. The number of carbonyl (C=O) groups is 1. The lowest BCUT2D eigenvalue weighted by Crippen LogP contribution is -2.29. The number of hydrogen-bond donors (Lipinski definition) is 2. The van der Waals surface area contributed by atoms with E-state index < -0.39 is 5.97 Å². The quantitative estimate of drug-likeness (QED) is 0.314. The molecule has 5 rings (SSSR count). The van der Waals surface area contributed by atoms with Crippen LogP contribution in [0, 0.1) is 0 Å². The molecule has 6 nitrogen and oxygen atoms in total. The van der Waals surface area contributed by atoms with E-state index in [0.29, 0.717) is 10.9 Å². The van der Waals surface area contributed by atoms with Gasteiger partial charge in [0.2, 0.25) is 0 Å². The van der Waals surface area contributed by atoms with Crippen molar-refractivity contribution in [3.8, 4) is 11.3 Å². The monoisotopic (exact) mass is 519 g/mol. The van der Waals surface area contributed by atoms with Gasteiger partial charge in [-0.25, -0.2) is 4.79 Å². The van der Waals surface area contributed by atoms with Crippen LogP contribution < -0.4 is 10.2 Å². The minimum absolute atomic E-state index is 0.212. The number of thiocarbonyl (C=S) groups is 1. The van der Waals surface area contributed by atoms with Crippen molar-refractivity contribution in [2.45, 2.75) is 12.1 Å². The highest BCUT2D eigenvalue weighted by atomic mass is 79.9. The summed E-state index contributed by atoms with van der Waals surface area (Å²) in [6.07, 6.45) is 1.76. The van der Waals surface area contributed by atoms with Crippen LogP contribution in [0.15, 0.2) is 93.9 Å². The summed E-state index contributed by atoms with van der Waals surface area (Å²) in [6.45, 7) is 0. The molecule has 8 heteroatoms. The van der Waals surface area contributed by atoms with Gasteiger partial charge in [-0.2, -0.15) is 0 Å². The van der Waals surface area contributed by atoms with Crippen molar-refractivity contribution in [1.82, 2.24) is 10.3 Å². The van der Waals surface area contributed by atoms with Crippen molar-refractivity contribution >= 4 is 44.9 Å². The Morgan fingerprint density at radius 2 is 1.79 bits per heavy atom. The fraction of sp³-hybridized carbons (Fsp3) is 0.0800. The highest BCUT2D eigenvalue weighted by Crippen LogP contribution is 2.43. The number of halogens is 1. The van der Waals surface area contributed by atoms with E-state index in [1.165, 1.54) is 0 Å². The van der Waals surface area contributed by atoms with Gasteiger partial charge in [-0.1, -0.05) is 34.1 Å². The molecule has 0 saturated carbocycles. The minimum atomic E-state index is -0.962. The lowest BCUT2D eigenvalue weighted by molar-refractivity contribution is 0.0697. The Bertz CT molecular complexity index is 1310. The summed E-state index contributed by atoms with van der Waals surface area (Å²) >= 11 is 9.22. The van der Waals surface area contributed by atoms with Gasteiger partial charge >= 0.3 is 5.97 Å². The highest BCUT2D eigenvalue weighted by Gasteiger charge is 2.42. The molecule has 2 aromatic carbocycles. The van der Waals surface area contributed by atoms with E-state index in [1.807, 2.05) is 59.5 Å². The van der Waals surface area contributed by atoms with Gasteiger partial charge in [0.05, 0.1) is 17.3 Å². The average molecular weight is 520 g/mol. The van der Waals surface area contributed by atoms with Crippen molar-refractivity contribution in [1.29, 1.82) is 0 Å². The van der Waals surface area contributed by atoms with Gasteiger partial charge in [-0.3, -0.25) is 4.98 Å². The van der Waals surface area contributed by atoms with Crippen LogP contribution in [0.4, 0.5) is 5.69 Å². The predicted molar refractivity (Wildman–Crippen MR) is 133 cm³/mol. The Balaban J connectivity index is 1.56. The zero-order valence-electron chi connectivity index (χ0n) is 17.2. The van der Waals surface area contributed by atoms with E-state index in [1.54, 1.807) is 30.5 Å². The predicted octanol–water partition coefficient (Wildman–Crippen LogP) is 5.98. The first kappa shape index (κ1) is 21.4. The van der Waals surface area contributed by atoms with Crippen LogP contribution in [0.25, 0.3) is 11.3 Å². The molecule has 1 fully saturated rings. The van der Waals surface area contributed by atoms with Gasteiger partial charge in [0.1, 0.15) is 17.6 Å². The topological polar surface area (TPSA) is 78.6 Å². The Kier molecular flexibility index (Phi) is 5.70. The van der Waals surface area contributed by atoms with Crippen molar-refractivity contribution in [3.63, 3.8) is 0 Å². The molecule has 1 aliphatic heterocycles. The summed E-state index contributed by atoms with van der Waals surface area (Å²) in [5.41, 5.74) is 2.81. The first-order chi connectivity index (χ1) is 16.0. The van der Waals surface area contributed by atoms with Crippen molar-refractivity contribution in [2.24, 2.45) is 0 Å². The molecule has 0 spiro atoms. The molecule has 0 amide bonds. The molecule has 33 heavy (non-hydrogen) atoms. The maximum atomic E-state index is 11.2. The van der Waals surface area contributed by atoms with Crippen LogP contribution >= 0.6 is 28.1 Å². The van der Waals surface area contributed by atoms with Gasteiger partial charge in [-0.15, -0.1) is 0 Å². The Hall–Kier alpha value is -3.49. The Labute approximate surface area is 204 Å². The van der Waals surface area contributed by atoms with E-state index in [9.17, 15) is 4.79 Å². The number of furan rings is 1. The van der Waals surface area contributed by atoms with Crippen molar-refractivity contribution < 1.29 is 14.3 Å². The number of pyridine rings is 1. The summed E-state index contributed by atoms with van der Waals surface area (Å²) in [7, 11) is 0. The third-order valence-corrected chi connectivity index (χ3v) is 6.38. The zero-order chi connectivity index (χ0) is 22.9. The van der Waals surface area contributed by atoms with E-state index in [0.717, 1.165) is 27.2 Å². The van der Waals surface area contributed by atoms with Crippen LogP contribution in [0.2, 0.25) is 0 Å². The molecule has 4 aromatic rings. The summed E-state index contributed by atoms with van der Waals surface area (Å²) in [5, 5.41) is 13.1. The molecule has 164 valence electrons. The SMILES string of the molecule is O=C(O)c1ccc(-c2ccc(C3C(c4ccccn4)NC(=S)N3c3ccc(Br)cc3)o2)cc1. The average Bonchev–Trinajstić information content (AvgIpc) is 3.45. The molecule has 3 heterocycles. The number of aromatic carboxylic acids is 1. The second-order valence-corrected chi connectivity index (χ2v) is 8.86. The highest BCUT2D eigenvalue weighted by molar-refractivity contribution is 9.10. The van der Waals surface area contributed by atoms with Crippen LogP contribution in [-0.2, 0) is 0 Å². The van der Waals surface area contributed by atoms with Gasteiger partial charge in [0, 0.05) is 21.9 Å².